The first-order valence-electron chi connectivity index (χ1n) is 5.66. The minimum Gasteiger partial charge on any atom is -0.393 e. The summed E-state index contributed by atoms with van der Waals surface area (Å²) in [6.07, 6.45) is 7.20. The molecule has 1 atom stereocenters. The van der Waals surface area contributed by atoms with Crippen molar-refractivity contribution in [1.29, 1.82) is 0 Å². The van der Waals surface area contributed by atoms with Gasteiger partial charge in [0.2, 0.25) is 0 Å². The van der Waals surface area contributed by atoms with Crippen LogP contribution >= 0.6 is 0 Å². The Morgan fingerprint density at radius 2 is 2.29 bits per heavy atom. The maximum Gasteiger partial charge on any atom is 0.0580 e. The largest absolute Gasteiger partial charge is 0.393 e. The second kappa shape index (κ2) is 6.20. The fraction of sp³-hybridized carbons (Fsp3) is 0.833. The van der Waals surface area contributed by atoms with Gasteiger partial charge in [-0.2, -0.15) is 0 Å². The molecule has 1 aliphatic rings. The molecule has 0 saturated heterocycles. The molecule has 0 radical (unpaired) electrons. The Balaban J connectivity index is 2.01. The van der Waals surface area contributed by atoms with Gasteiger partial charge in [-0.3, -0.25) is 0 Å². The summed E-state index contributed by atoms with van der Waals surface area (Å²) in [6.45, 7) is 6.50. The lowest BCUT2D eigenvalue weighted by atomic mass is 9.78. The molecule has 1 aliphatic carbocycles. The number of allylic oxidation sites excluding steroid dienone is 1. The summed E-state index contributed by atoms with van der Waals surface area (Å²) in [4.78, 5) is 0. The molecule has 0 amide bonds. The van der Waals surface area contributed by atoms with E-state index in [1.807, 2.05) is 13.0 Å². The number of hydrogen-bond donors (Lipinski definition) is 1. The molecule has 0 aliphatic heterocycles. The van der Waals surface area contributed by atoms with Crippen LogP contribution in [-0.4, -0.2) is 23.9 Å². The van der Waals surface area contributed by atoms with Crippen molar-refractivity contribution in [3.8, 4) is 0 Å². The molecule has 2 heteroatoms. The van der Waals surface area contributed by atoms with E-state index < -0.39 is 0 Å². The van der Waals surface area contributed by atoms with Crippen molar-refractivity contribution < 1.29 is 9.84 Å². The van der Waals surface area contributed by atoms with Crippen LogP contribution in [-0.2, 0) is 4.74 Å². The maximum absolute atomic E-state index is 9.64. The van der Waals surface area contributed by atoms with Crippen LogP contribution in [0.1, 0.15) is 39.0 Å². The van der Waals surface area contributed by atoms with Crippen LogP contribution in [0.2, 0.25) is 0 Å². The van der Waals surface area contributed by atoms with Crippen LogP contribution in [0.25, 0.3) is 0 Å². The zero-order chi connectivity index (χ0) is 10.4. The molecule has 0 aromatic rings. The van der Waals surface area contributed by atoms with E-state index in [1.54, 1.807) is 0 Å². The van der Waals surface area contributed by atoms with Crippen LogP contribution in [0.15, 0.2) is 12.7 Å². The summed E-state index contributed by atoms with van der Waals surface area (Å²) in [5.74, 6) is 0.686. The molecule has 14 heavy (non-hydrogen) atoms. The summed E-state index contributed by atoms with van der Waals surface area (Å²) in [5, 5.41) is 9.64. The molecule has 0 bridgehead atoms. The first kappa shape index (κ1) is 11.7. The van der Waals surface area contributed by atoms with Crippen molar-refractivity contribution in [1.82, 2.24) is 0 Å². The quantitative estimate of drug-likeness (QED) is 0.637. The summed E-state index contributed by atoms with van der Waals surface area (Å²) in [5.41, 5.74) is 0. The third-order valence-corrected chi connectivity index (χ3v) is 2.90. The van der Waals surface area contributed by atoms with Crippen molar-refractivity contribution >= 4 is 0 Å². The van der Waals surface area contributed by atoms with Gasteiger partial charge in [-0.1, -0.05) is 6.08 Å². The van der Waals surface area contributed by atoms with Crippen molar-refractivity contribution in [2.45, 2.75) is 51.2 Å². The van der Waals surface area contributed by atoms with Gasteiger partial charge in [-0.15, -0.1) is 6.58 Å². The molecule has 82 valence electrons. The Labute approximate surface area is 87.0 Å². The minimum absolute atomic E-state index is 0.138. The first-order chi connectivity index (χ1) is 6.76. The molecule has 1 saturated carbocycles. The fourth-order valence-corrected chi connectivity index (χ4v) is 2.05. The van der Waals surface area contributed by atoms with Gasteiger partial charge in [0.1, 0.15) is 0 Å². The van der Waals surface area contributed by atoms with Crippen molar-refractivity contribution in [3.05, 3.63) is 12.7 Å². The van der Waals surface area contributed by atoms with Gasteiger partial charge in [0, 0.05) is 6.61 Å². The van der Waals surface area contributed by atoms with Crippen LogP contribution in [0.4, 0.5) is 0 Å². The SMILES string of the molecule is C=CCCC(O)CC1CC(OCC)C1. The predicted molar refractivity (Wildman–Crippen MR) is 58.2 cm³/mol. The third kappa shape index (κ3) is 3.81. The number of ether oxygens (including phenoxy) is 1. The topological polar surface area (TPSA) is 29.5 Å². The maximum atomic E-state index is 9.64. The zero-order valence-electron chi connectivity index (χ0n) is 9.11. The molecule has 0 heterocycles. The smallest absolute Gasteiger partial charge is 0.0580 e. The first-order valence-corrected chi connectivity index (χ1v) is 5.66. The Bertz CT molecular complexity index is 162. The minimum atomic E-state index is -0.138. The zero-order valence-corrected chi connectivity index (χ0v) is 9.11. The van der Waals surface area contributed by atoms with E-state index in [0.717, 1.165) is 38.7 Å². The van der Waals surface area contributed by atoms with Crippen molar-refractivity contribution in [2.75, 3.05) is 6.61 Å². The van der Waals surface area contributed by atoms with Gasteiger partial charge in [0.15, 0.2) is 0 Å². The number of rotatable bonds is 7. The molecule has 1 rings (SSSR count). The van der Waals surface area contributed by atoms with Crippen LogP contribution in [0.3, 0.4) is 0 Å². The second-order valence-corrected chi connectivity index (χ2v) is 4.17. The van der Waals surface area contributed by atoms with Gasteiger partial charge in [-0.25, -0.2) is 0 Å². The lowest BCUT2D eigenvalue weighted by Gasteiger charge is -2.36. The molecular weight excluding hydrogens is 176 g/mol. The van der Waals surface area contributed by atoms with Crippen molar-refractivity contribution in [2.24, 2.45) is 5.92 Å². The second-order valence-electron chi connectivity index (χ2n) is 4.17. The van der Waals surface area contributed by atoms with Gasteiger partial charge >= 0.3 is 0 Å². The van der Waals surface area contributed by atoms with Gasteiger partial charge in [0.25, 0.3) is 0 Å². The number of aliphatic hydroxyl groups is 1. The highest BCUT2D eigenvalue weighted by atomic mass is 16.5. The Hall–Kier alpha value is -0.340. The monoisotopic (exact) mass is 198 g/mol. The Kier molecular flexibility index (Phi) is 5.20. The standard InChI is InChI=1S/C12H22O2/c1-3-5-6-11(13)7-10-8-12(9-10)14-4-2/h3,10-13H,1,4-9H2,2H3. The van der Waals surface area contributed by atoms with Crippen LogP contribution in [0.5, 0.6) is 0 Å². The van der Waals surface area contributed by atoms with Gasteiger partial charge in [0.05, 0.1) is 12.2 Å². The summed E-state index contributed by atoms with van der Waals surface area (Å²) >= 11 is 0. The molecular formula is C12H22O2. The highest BCUT2D eigenvalue weighted by Gasteiger charge is 2.30. The molecule has 2 nitrogen and oxygen atoms in total. The average molecular weight is 198 g/mol. The molecule has 1 fully saturated rings. The van der Waals surface area contributed by atoms with E-state index >= 15 is 0 Å². The van der Waals surface area contributed by atoms with Gasteiger partial charge < -0.3 is 9.84 Å². The lowest BCUT2D eigenvalue weighted by Crippen LogP contribution is -2.33. The van der Waals surface area contributed by atoms with Crippen LogP contribution in [0, 0.1) is 5.92 Å². The Morgan fingerprint density at radius 3 is 2.86 bits per heavy atom. The van der Waals surface area contributed by atoms with Crippen LogP contribution < -0.4 is 0 Å². The van der Waals surface area contributed by atoms with E-state index in [0.29, 0.717) is 12.0 Å². The average Bonchev–Trinajstić information content (AvgIpc) is 2.11. The van der Waals surface area contributed by atoms with Crippen molar-refractivity contribution in [3.63, 3.8) is 0 Å². The summed E-state index contributed by atoms with van der Waals surface area (Å²) in [6, 6.07) is 0. The third-order valence-electron chi connectivity index (χ3n) is 2.90. The van der Waals surface area contributed by atoms with E-state index in [9.17, 15) is 5.11 Å². The van der Waals surface area contributed by atoms with Gasteiger partial charge in [-0.05, 0) is 44.9 Å². The van der Waals surface area contributed by atoms with E-state index in [-0.39, 0.29) is 6.10 Å². The molecule has 0 aromatic carbocycles. The fourth-order valence-electron chi connectivity index (χ4n) is 2.05. The van der Waals surface area contributed by atoms with E-state index in [4.69, 9.17) is 4.74 Å². The molecule has 1 unspecified atom stereocenters. The highest BCUT2D eigenvalue weighted by Crippen LogP contribution is 2.34. The summed E-state index contributed by atoms with van der Waals surface area (Å²) < 4.78 is 5.47. The Morgan fingerprint density at radius 1 is 1.57 bits per heavy atom. The predicted octanol–water partition coefficient (Wildman–Crippen LogP) is 2.52. The normalized spacial score (nSPS) is 28.1. The molecule has 0 aromatic heterocycles. The number of aliphatic hydroxyl groups excluding tert-OH is 1. The number of hydrogen-bond acceptors (Lipinski definition) is 2. The summed E-state index contributed by atoms with van der Waals surface area (Å²) in [7, 11) is 0. The molecule has 0 spiro atoms. The highest BCUT2D eigenvalue weighted by molar-refractivity contribution is 4.82. The van der Waals surface area contributed by atoms with E-state index in [2.05, 4.69) is 6.58 Å². The molecule has 1 N–H and O–H groups in total. The van der Waals surface area contributed by atoms with E-state index in [1.165, 1.54) is 0 Å². The lowest BCUT2D eigenvalue weighted by molar-refractivity contribution is -0.0382.